The molecule has 0 radical (unpaired) electrons. The van der Waals surface area contributed by atoms with Crippen LogP contribution in [0.2, 0.25) is 0 Å². The molecule has 0 bridgehead atoms. The number of imidazole rings is 1. The van der Waals surface area contributed by atoms with Crippen LogP contribution in [-0.4, -0.2) is 32.8 Å². The highest BCUT2D eigenvalue weighted by molar-refractivity contribution is 7.98. The van der Waals surface area contributed by atoms with Gasteiger partial charge in [-0.05, 0) is 24.3 Å². The Hall–Kier alpha value is -3.53. The first-order valence-corrected chi connectivity index (χ1v) is 10.3. The van der Waals surface area contributed by atoms with Crippen molar-refractivity contribution in [3.63, 3.8) is 0 Å². The molecule has 30 heavy (non-hydrogen) atoms. The maximum atomic E-state index is 12.2. The predicted molar refractivity (Wildman–Crippen MR) is 109 cm³/mol. The largest absolute Gasteiger partial charge is 0.454 e. The molecular weight excluding hydrogens is 406 g/mol. The van der Waals surface area contributed by atoms with Gasteiger partial charge >= 0.3 is 0 Å². The van der Waals surface area contributed by atoms with Gasteiger partial charge in [0.1, 0.15) is 0 Å². The molecule has 2 aromatic carbocycles. The minimum Gasteiger partial charge on any atom is -0.454 e. The monoisotopic (exact) mass is 423 g/mol. The van der Waals surface area contributed by atoms with E-state index in [0.29, 0.717) is 41.1 Å². The van der Waals surface area contributed by atoms with Gasteiger partial charge in [-0.1, -0.05) is 29.1 Å². The maximum Gasteiger partial charge on any atom is 0.231 e. The highest BCUT2D eigenvalue weighted by Gasteiger charge is 2.15. The summed E-state index contributed by atoms with van der Waals surface area (Å²) in [6, 6.07) is 13.1. The van der Waals surface area contributed by atoms with Gasteiger partial charge in [-0.15, -0.1) is 0 Å². The summed E-state index contributed by atoms with van der Waals surface area (Å²) in [6.07, 6.45) is 0.589. The molecule has 10 heteroatoms. The number of aryl methyl sites for hydroxylation is 1. The number of amides is 1. The van der Waals surface area contributed by atoms with Gasteiger partial charge in [0.05, 0.1) is 16.8 Å². The van der Waals surface area contributed by atoms with Crippen LogP contribution < -0.4 is 14.8 Å². The number of hydrogen-bond donors (Lipinski definition) is 2. The fourth-order valence-corrected chi connectivity index (χ4v) is 3.73. The van der Waals surface area contributed by atoms with E-state index in [9.17, 15) is 4.79 Å². The molecule has 4 aromatic rings. The van der Waals surface area contributed by atoms with E-state index in [2.05, 4.69) is 25.4 Å². The number of aromatic amines is 1. The van der Waals surface area contributed by atoms with E-state index in [0.717, 1.165) is 16.2 Å². The van der Waals surface area contributed by atoms with Gasteiger partial charge < -0.3 is 24.3 Å². The first kappa shape index (κ1) is 18.5. The minimum atomic E-state index is -0.148. The second kappa shape index (κ2) is 8.07. The van der Waals surface area contributed by atoms with Crippen LogP contribution in [0.15, 0.2) is 52.1 Å². The number of aromatic nitrogens is 4. The second-order valence-corrected chi connectivity index (χ2v) is 7.53. The summed E-state index contributed by atoms with van der Waals surface area (Å²) in [7, 11) is 0. The second-order valence-electron chi connectivity index (χ2n) is 6.57. The van der Waals surface area contributed by atoms with Crippen molar-refractivity contribution in [3.8, 4) is 11.5 Å². The predicted octanol–water partition coefficient (Wildman–Crippen LogP) is 3.54. The number of benzene rings is 2. The van der Waals surface area contributed by atoms with E-state index < -0.39 is 0 Å². The normalized spacial score (nSPS) is 12.4. The van der Waals surface area contributed by atoms with Crippen molar-refractivity contribution in [2.45, 2.75) is 23.8 Å². The molecule has 2 N–H and O–H groups in total. The number of thioether (sulfide) groups is 1. The van der Waals surface area contributed by atoms with Gasteiger partial charge in [-0.2, -0.15) is 4.98 Å². The minimum absolute atomic E-state index is 0.148. The third-order valence-electron chi connectivity index (χ3n) is 4.44. The summed E-state index contributed by atoms with van der Waals surface area (Å²) < 4.78 is 15.8. The molecule has 0 saturated heterocycles. The molecule has 0 fully saturated rings. The Morgan fingerprint density at radius 1 is 1.13 bits per heavy atom. The standard InChI is InChI=1S/C20H17N5O4S/c26-18(21-12-5-6-15-16(9-12)28-11-27-15)7-8-19-24-17(25-29-19)10-30-20-22-13-3-1-2-4-14(13)23-20/h1-6,9H,7-8,10-11H2,(H,21,26)(H,22,23). The number of rotatable bonds is 7. The van der Waals surface area contributed by atoms with Crippen LogP contribution in [0.4, 0.5) is 5.69 Å². The summed E-state index contributed by atoms with van der Waals surface area (Å²) in [5.74, 6) is 2.66. The van der Waals surface area contributed by atoms with Gasteiger partial charge in [-0.25, -0.2) is 4.98 Å². The zero-order chi connectivity index (χ0) is 20.3. The molecule has 3 heterocycles. The summed E-state index contributed by atoms with van der Waals surface area (Å²) in [4.78, 5) is 24.3. The summed E-state index contributed by atoms with van der Waals surface area (Å²) in [5, 5.41) is 7.60. The van der Waals surface area contributed by atoms with Crippen LogP contribution in [0.5, 0.6) is 11.5 Å². The molecule has 0 spiro atoms. The summed E-state index contributed by atoms with van der Waals surface area (Å²) >= 11 is 1.50. The lowest BCUT2D eigenvalue weighted by Crippen LogP contribution is -2.12. The lowest BCUT2D eigenvalue weighted by Gasteiger charge is -2.05. The van der Waals surface area contributed by atoms with E-state index in [1.54, 1.807) is 18.2 Å². The first-order chi connectivity index (χ1) is 14.7. The molecule has 152 valence electrons. The van der Waals surface area contributed by atoms with E-state index in [1.165, 1.54) is 11.8 Å². The molecule has 2 aromatic heterocycles. The number of nitrogens with one attached hydrogen (secondary N) is 2. The van der Waals surface area contributed by atoms with E-state index in [1.807, 2.05) is 24.3 Å². The Labute approximate surface area is 175 Å². The Morgan fingerprint density at radius 3 is 2.97 bits per heavy atom. The SMILES string of the molecule is O=C(CCc1nc(CSc2nc3ccccc3[nH]2)no1)Nc1ccc2c(c1)OCO2. The number of para-hydroxylation sites is 2. The number of carbonyl (C=O) groups is 1. The van der Waals surface area contributed by atoms with Crippen LogP contribution in [0.3, 0.4) is 0 Å². The van der Waals surface area contributed by atoms with E-state index >= 15 is 0 Å². The number of H-pyrrole nitrogens is 1. The number of hydrogen-bond acceptors (Lipinski definition) is 8. The third-order valence-corrected chi connectivity index (χ3v) is 5.31. The van der Waals surface area contributed by atoms with Gasteiger partial charge in [0, 0.05) is 24.6 Å². The number of ether oxygens (including phenoxy) is 2. The average Bonchev–Trinajstić information content (AvgIpc) is 3.49. The number of fused-ring (bicyclic) bond motifs is 2. The Morgan fingerprint density at radius 2 is 2.03 bits per heavy atom. The summed E-state index contributed by atoms with van der Waals surface area (Å²) in [5.41, 5.74) is 2.56. The highest BCUT2D eigenvalue weighted by atomic mass is 32.2. The van der Waals surface area contributed by atoms with Crippen LogP contribution >= 0.6 is 11.8 Å². The van der Waals surface area contributed by atoms with Crippen LogP contribution in [-0.2, 0) is 17.0 Å². The first-order valence-electron chi connectivity index (χ1n) is 9.31. The van der Waals surface area contributed by atoms with Gasteiger partial charge in [0.25, 0.3) is 0 Å². The van der Waals surface area contributed by atoms with Crippen LogP contribution in [0.25, 0.3) is 11.0 Å². The van der Waals surface area contributed by atoms with Crippen molar-refractivity contribution in [3.05, 3.63) is 54.2 Å². The van der Waals surface area contributed by atoms with E-state index in [4.69, 9.17) is 14.0 Å². The number of carbonyl (C=O) groups excluding carboxylic acids is 1. The van der Waals surface area contributed by atoms with Gasteiger partial charge in [0.2, 0.25) is 18.6 Å². The average molecular weight is 423 g/mol. The van der Waals surface area contributed by atoms with Crippen molar-refractivity contribution in [2.24, 2.45) is 0 Å². The molecule has 0 saturated carbocycles. The lowest BCUT2D eigenvalue weighted by atomic mass is 10.2. The molecule has 9 nitrogen and oxygen atoms in total. The Bertz CT molecular complexity index is 1170. The Balaban J connectivity index is 1.12. The van der Waals surface area contributed by atoms with E-state index in [-0.39, 0.29) is 19.1 Å². The van der Waals surface area contributed by atoms with Crippen LogP contribution in [0, 0.1) is 0 Å². The molecule has 5 rings (SSSR count). The topological polar surface area (TPSA) is 115 Å². The molecule has 1 aliphatic rings. The van der Waals surface area contributed by atoms with Crippen molar-refractivity contribution >= 4 is 34.4 Å². The van der Waals surface area contributed by atoms with Crippen molar-refractivity contribution in [1.82, 2.24) is 20.1 Å². The zero-order valence-corrected chi connectivity index (χ0v) is 16.6. The molecule has 0 atom stereocenters. The van der Waals surface area contributed by atoms with Gasteiger partial charge in [-0.3, -0.25) is 4.79 Å². The van der Waals surface area contributed by atoms with Crippen molar-refractivity contribution in [2.75, 3.05) is 12.1 Å². The molecule has 0 aliphatic carbocycles. The number of nitrogens with zero attached hydrogens (tertiary/aromatic N) is 3. The number of anilines is 1. The van der Waals surface area contributed by atoms with Crippen LogP contribution in [0.1, 0.15) is 18.1 Å². The highest BCUT2D eigenvalue weighted by Crippen LogP contribution is 2.34. The lowest BCUT2D eigenvalue weighted by molar-refractivity contribution is -0.116. The fourth-order valence-electron chi connectivity index (χ4n) is 3.00. The maximum absolute atomic E-state index is 12.2. The quantitative estimate of drug-likeness (QED) is 0.434. The smallest absolute Gasteiger partial charge is 0.231 e. The van der Waals surface area contributed by atoms with Gasteiger partial charge in [0.15, 0.2) is 22.5 Å². The molecule has 1 amide bonds. The fraction of sp³-hybridized carbons (Fsp3) is 0.200. The molecule has 1 aliphatic heterocycles. The molecular formula is C20H17N5O4S. The molecule has 0 unspecified atom stereocenters. The third kappa shape index (κ3) is 4.08. The Kier molecular flexibility index (Phi) is 4.98. The summed E-state index contributed by atoms with van der Waals surface area (Å²) in [6.45, 7) is 0.195. The van der Waals surface area contributed by atoms with Crippen molar-refractivity contribution in [1.29, 1.82) is 0 Å². The van der Waals surface area contributed by atoms with Crippen molar-refractivity contribution < 1.29 is 18.8 Å². The zero-order valence-electron chi connectivity index (χ0n) is 15.8.